The van der Waals surface area contributed by atoms with Crippen LogP contribution in [0.25, 0.3) is 0 Å². The molecule has 2 aromatic rings. The minimum atomic E-state index is 0.166. The maximum atomic E-state index is 5.51. The van der Waals surface area contributed by atoms with Gasteiger partial charge in [0, 0.05) is 13.8 Å². The van der Waals surface area contributed by atoms with E-state index in [1.54, 1.807) is 11.3 Å². The molecule has 0 bridgehead atoms. The van der Waals surface area contributed by atoms with Gasteiger partial charge in [0.2, 0.25) is 0 Å². The van der Waals surface area contributed by atoms with Gasteiger partial charge in [-0.05, 0) is 59.0 Å². The quantitative estimate of drug-likeness (QED) is 0.758. The van der Waals surface area contributed by atoms with E-state index < -0.39 is 0 Å². The topological polar surface area (TPSA) is 21.3 Å². The summed E-state index contributed by atoms with van der Waals surface area (Å²) in [5.74, 6) is 0.887. The Hall–Kier alpha value is -0.360. The van der Waals surface area contributed by atoms with Crippen LogP contribution in [-0.4, -0.2) is 13.7 Å². The van der Waals surface area contributed by atoms with E-state index in [-0.39, 0.29) is 6.04 Å². The molecule has 0 amide bonds. The SMILES string of the molecule is CCOc1ccc(C(NC)c2sccc2Br)c(Br)c1. The van der Waals surface area contributed by atoms with Crippen molar-refractivity contribution in [3.63, 3.8) is 0 Å². The minimum absolute atomic E-state index is 0.166. The van der Waals surface area contributed by atoms with Gasteiger partial charge in [0.25, 0.3) is 0 Å². The van der Waals surface area contributed by atoms with Crippen molar-refractivity contribution in [2.75, 3.05) is 13.7 Å². The van der Waals surface area contributed by atoms with Gasteiger partial charge in [0.15, 0.2) is 0 Å². The molecule has 19 heavy (non-hydrogen) atoms. The molecule has 0 radical (unpaired) electrons. The number of hydrogen-bond acceptors (Lipinski definition) is 3. The molecule has 0 aliphatic heterocycles. The molecule has 0 fully saturated rings. The predicted octanol–water partition coefficient (Wildman–Crippen LogP) is 4.98. The van der Waals surface area contributed by atoms with Crippen molar-refractivity contribution in [1.82, 2.24) is 5.32 Å². The first-order chi connectivity index (χ1) is 9.17. The Bertz CT molecular complexity index is 556. The lowest BCUT2D eigenvalue weighted by Crippen LogP contribution is -2.17. The number of benzene rings is 1. The van der Waals surface area contributed by atoms with Crippen LogP contribution >= 0.6 is 43.2 Å². The third-order valence-corrected chi connectivity index (χ3v) is 5.41. The summed E-state index contributed by atoms with van der Waals surface area (Å²) < 4.78 is 7.70. The third-order valence-electron chi connectivity index (χ3n) is 2.79. The van der Waals surface area contributed by atoms with Crippen LogP contribution < -0.4 is 10.1 Å². The Balaban J connectivity index is 2.36. The van der Waals surface area contributed by atoms with Crippen LogP contribution in [0.15, 0.2) is 38.6 Å². The van der Waals surface area contributed by atoms with Crippen molar-refractivity contribution in [2.45, 2.75) is 13.0 Å². The van der Waals surface area contributed by atoms with Gasteiger partial charge < -0.3 is 10.1 Å². The second-order valence-electron chi connectivity index (χ2n) is 3.97. The fourth-order valence-corrected chi connectivity index (χ4v) is 4.25. The Labute approximate surface area is 134 Å². The first-order valence-electron chi connectivity index (χ1n) is 5.99. The molecule has 2 rings (SSSR count). The Morgan fingerprint density at radius 2 is 2.05 bits per heavy atom. The normalized spacial score (nSPS) is 12.4. The van der Waals surface area contributed by atoms with Crippen molar-refractivity contribution in [3.05, 3.63) is 49.0 Å². The molecular weight excluding hydrogens is 390 g/mol. The molecular formula is C14H15Br2NOS. The summed E-state index contributed by atoms with van der Waals surface area (Å²) in [7, 11) is 1.97. The number of ether oxygens (including phenoxy) is 1. The highest BCUT2D eigenvalue weighted by atomic mass is 79.9. The lowest BCUT2D eigenvalue weighted by molar-refractivity contribution is 0.340. The molecule has 0 saturated heterocycles. The molecule has 0 saturated carbocycles. The van der Waals surface area contributed by atoms with Crippen molar-refractivity contribution >= 4 is 43.2 Å². The lowest BCUT2D eigenvalue weighted by Gasteiger charge is -2.18. The number of rotatable bonds is 5. The highest BCUT2D eigenvalue weighted by Crippen LogP contribution is 2.37. The van der Waals surface area contributed by atoms with E-state index in [1.165, 1.54) is 10.4 Å². The van der Waals surface area contributed by atoms with Gasteiger partial charge in [-0.3, -0.25) is 0 Å². The van der Waals surface area contributed by atoms with Crippen molar-refractivity contribution in [1.29, 1.82) is 0 Å². The second kappa shape index (κ2) is 6.88. The lowest BCUT2D eigenvalue weighted by atomic mass is 10.1. The summed E-state index contributed by atoms with van der Waals surface area (Å²) in [6.45, 7) is 2.67. The van der Waals surface area contributed by atoms with E-state index in [0.717, 1.165) is 14.7 Å². The highest BCUT2D eigenvalue weighted by Gasteiger charge is 2.19. The van der Waals surface area contributed by atoms with E-state index in [2.05, 4.69) is 54.7 Å². The first-order valence-corrected chi connectivity index (χ1v) is 8.46. The standard InChI is InChI=1S/C14H15Br2NOS/c1-3-18-9-4-5-10(12(16)8-9)13(17-2)14-11(15)6-7-19-14/h4-8,13,17H,3H2,1-2H3. The maximum Gasteiger partial charge on any atom is 0.120 e. The van der Waals surface area contributed by atoms with Gasteiger partial charge >= 0.3 is 0 Å². The molecule has 1 aromatic carbocycles. The molecule has 1 aromatic heterocycles. The zero-order valence-corrected chi connectivity index (χ0v) is 14.7. The number of halogens is 2. The Morgan fingerprint density at radius 1 is 1.26 bits per heavy atom. The van der Waals surface area contributed by atoms with E-state index in [1.807, 2.05) is 26.1 Å². The van der Waals surface area contributed by atoms with E-state index in [0.29, 0.717) is 6.61 Å². The fourth-order valence-electron chi connectivity index (χ4n) is 1.94. The molecule has 1 N–H and O–H groups in total. The number of nitrogens with one attached hydrogen (secondary N) is 1. The maximum absolute atomic E-state index is 5.51. The van der Waals surface area contributed by atoms with E-state index in [9.17, 15) is 0 Å². The van der Waals surface area contributed by atoms with Gasteiger partial charge in [-0.2, -0.15) is 0 Å². The third kappa shape index (κ3) is 3.40. The average molecular weight is 405 g/mol. The zero-order chi connectivity index (χ0) is 13.8. The van der Waals surface area contributed by atoms with Crippen molar-refractivity contribution in [3.8, 4) is 5.75 Å². The second-order valence-corrected chi connectivity index (χ2v) is 6.63. The smallest absolute Gasteiger partial charge is 0.120 e. The minimum Gasteiger partial charge on any atom is -0.494 e. The van der Waals surface area contributed by atoms with Crippen LogP contribution in [0.5, 0.6) is 5.75 Å². The summed E-state index contributed by atoms with van der Waals surface area (Å²) in [6, 6.07) is 8.37. The number of thiophene rings is 1. The van der Waals surface area contributed by atoms with Gasteiger partial charge in [-0.15, -0.1) is 11.3 Å². The fraction of sp³-hybridized carbons (Fsp3) is 0.286. The molecule has 1 heterocycles. The summed E-state index contributed by atoms with van der Waals surface area (Å²) in [6.07, 6.45) is 0. The molecule has 0 spiro atoms. The summed E-state index contributed by atoms with van der Waals surface area (Å²) in [4.78, 5) is 1.27. The number of hydrogen-bond donors (Lipinski definition) is 1. The Kier molecular flexibility index (Phi) is 5.45. The van der Waals surface area contributed by atoms with Crippen LogP contribution in [0.1, 0.15) is 23.4 Å². The summed E-state index contributed by atoms with van der Waals surface area (Å²) in [5.41, 5.74) is 1.20. The van der Waals surface area contributed by atoms with E-state index in [4.69, 9.17) is 4.74 Å². The molecule has 0 aliphatic rings. The monoisotopic (exact) mass is 403 g/mol. The molecule has 1 atom stereocenters. The van der Waals surface area contributed by atoms with Gasteiger partial charge in [-0.1, -0.05) is 22.0 Å². The van der Waals surface area contributed by atoms with Crippen LogP contribution in [0.4, 0.5) is 0 Å². The zero-order valence-electron chi connectivity index (χ0n) is 10.7. The molecule has 102 valence electrons. The highest BCUT2D eigenvalue weighted by molar-refractivity contribution is 9.10. The molecule has 2 nitrogen and oxygen atoms in total. The van der Waals surface area contributed by atoms with Crippen molar-refractivity contribution in [2.24, 2.45) is 0 Å². The molecule has 0 aliphatic carbocycles. The first kappa shape index (κ1) is 15.0. The Morgan fingerprint density at radius 3 is 2.58 bits per heavy atom. The van der Waals surface area contributed by atoms with Crippen LogP contribution in [0, 0.1) is 0 Å². The van der Waals surface area contributed by atoms with Gasteiger partial charge in [0.1, 0.15) is 5.75 Å². The van der Waals surface area contributed by atoms with E-state index >= 15 is 0 Å². The molecule has 1 unspecified atom stereocenters. The van der Waals surface area contributed by atoms with Crippen LogP contribution in [0.2, 0.25) is 0 Å². The van der Waals surface area contributed by atoms with Gasteiger partial charge in [0.05, 0.1) is 12.6 Å². The predicted molar refractivity (Wildman–Crippen MR) is 88.2 cm³/mol. The van der Waals surface area contributed by atoms with Crippen LogP contribution in [0.3, 0.4) is 0 Å². The van der Waals surface area contributed by atoms with Crippen molar-refractivity contribution < 1.29 is 4.74 Å². The summed E-state index contributed by atoms with van der Waals surface area (Å²) in [5, 5.41) is 5.45. The molecule has 5 heteroatoms. The van der Waals surface area contributed by atoms with Gasteiger partial charge in [-0.25, -0.2) is 0 Å². The average Bonchev–Trinajstić information content (AvgIpc) is 2.80. The van der Waals surface area contributed by atoms with Crippen LogP contribution in [-0.2, 0) is 0 Å². The summed E-state index contributed by atoms with van der Waals surface area (Å²) >= 11 is 8.98. The largest absolute Gasteiger partial charge is 0.494 e.